The van der Waals surface area contributed by atoms with E-state index in [9.17, 15) is 13.2 Å². The van der Waals surface area contributed by atoms with Crippen LogP contribution in [0.1, 0.15) is 18.9 Å². The monoisotopic (exact) mass is 414 g/mol. The second-order valence-electron chi connectivity index (χ2n) is 5.91. The number of nitrogens with one attached hydrogen (secondary N) is 1. The number of aryl methyl sites for hydroxylation is 1. The highest BCUT2D eigenvalue weighted by molar-refractivity contribution is 7.92. The molecule has 1 amide bonds. The van der Waals surface area contributed by atoms with Crippen LogP contribution in [0.5, 0.6) is 0 Å². The van der Waals surface area contributed by atoms with E-state index in [1.165, 1.54) is 0 Å². The largest absolute Gasteiger partial charge is 0.324 e. The first-order valence-electron chi connectivity index (χ1n) is 7.95. The Balaban J connectivity index is 2.39. The van der Waals surface area contributed by atoms with Gasteiger partial charge < -0.3 is 5.32 Å². The molecule has 2 aromatic carbocycles. The topological polar surface area (TPSA) is 66.5 Å². The fraction of sp³-hybridized carbons (Fsp3) is 0.278. The Kier molecular flexibility index (Phi) is 6.55. The highest BCUT2D eigenvalue weighted by Crippen LogP contribution is 2.28. The van der Waals surface area contributed by atoms with Crippen LogP contribution >= 0.6 is 23.2 Å². The molecule has 0 aromatic heterocycles. The number of benzene rings is 2. The smallest absolute Gasteiger partial charge is 0.248 e. The van der Waals surface area contributed by atoms with E-state index in [1.807, 2.05) is 6.92 Å². The lowest BCUT2D eigenvalue weighted by Crippen LogP contribution is -2.47. The number of amides is 1. The summed E-state index contributed by atoms with van der Waals surface area (Å²) in [6, 6.07) is 10.6. The minimum atomic E-state index is -3.71. The van der Waals surface area contributed by atoms with Gasteiger partial charge in [-0.15, -0.1) is 0 Å². The molecule has 2 aromatic rings. The zero-order valence-electron chi connectivity index (χ0n) is 14.7. The molecule has 0 aliphatic carbocycles. The summed E-state index contributed by atoms with van der Waals surface area (Å²) in [6.45, 7) is 3.57. The van der Waals surface area contributed by atoms with E-state index in [0.717, 1.165) is 16.1 Å². The van der Waals surface area contributed by atoms with E-state index in [0.29, 0.717) is 21.4 Å². The van der Waals surface area contributed by atoms with Gasteiger partial charge in [-0.25, -0.2) is 8.42 Å². The van der Waals surface area contributed by atoms with E-state index in [4.69, 9.17) is 23.2 Å². The van der Waals surface area contributed by atoms with Crippen LogP contribution in [0.2, 0.25) is 10.0 Å². The molecule has 5 nitrogen and oxygen atoms in total. The highest BCUT2D eigenvalue weighted by atomic mass is 35.5. The predicted octanol–water partition coefficient (Wildman–Crippen LogP) is 4.49. The summed E-state index contributed by atoms with van der Waals surface area (Å²) in [7, 11) is -3.71. The maximum atomic E-state index is 12.8. The molecule has 0 spiro atoms. The number of carbonyl (C=O) groups excluding carboxylic acids is 1. The molecular weight excluding hydrogens is 395 g/mol. The summed E-state index contributed by atoms with van der Waals surface area (Å²) in [5.41, 5.74) is 1.71. The van der Waals surface area contributed by atoms with Crippen LogP contribution in [-0.4, -0.2) is 26.6 Å². The van der Waals surface area contributed by atoms with Crippen LogP contribution in [0.15, 0.2) is 42.5 Å². The van der Waals surface area contributed by atoms with E-state index >= 15 is 0 Å². The van der Waals surface area contributed by atoms with E-state index in [2.05, 4.69) is 5.32 Å². The first-order valence-corrected chi connectivity index (χ1v) is 10.6. The molecule has 0 saturated heterocycles. The van der Waals surface area contributed by atoms with Gasteiger partial charge in [-0.2, -0.15) is 0 Å². The first kappa shape index (κ1) is 20.6. The minimum absolute atomic E-state index is 0.290. The third-order valence-electron chi connectivity index (χ3n) is 3.85. The molecule has 0 aliphatic heterocycles. The summed E-state index contributed by atoms with van der Waals surface area (Å²) >= 11 is 12.0. The zero-order valence-corrected chi connectivity index (χ0v) is 17.0. The van der Waals surface area contributed by atoms with Crippen molar-refractivity contribution in [3.05, 3.63) is 58.1 Å². The molecule has 0 aliphatic rings. The quantitative estimate of drug-likeness (QED) is 0.756. The zero-order chi connectivity index (χ0) is 19.5. The van der Waals surface area contributed by atoms with Gasteiger partial charge in [0.15, 0.2) is 0 Å². The number of hydrogen-bond acceptors (Lipinski definition) is 3. The maximum Gasteiger partial charge on any atom is 0.248 e. The number of sulfonamides is 1. The molecule has 0 heterocycles. The summed E-state index contributed by atoms with van der Waals surface area (Å²) in [5, 5.41) is 3.71. The number of halogens is 2. The minimum Gasteiger partial charge on any atom is -0.324 e. The standard InChI is InChI=1S/C18H20Cl2N2O3S/c1-4-17(18(23)21-14-8-6-13(19)7-9-14)22(26(3,24)25)15-10-5-12(2)16(20)11-15/h5-11,17H,4H2,1-3H3,(H,21,23)/t17-/m1/s1. The summed E-state index contributed by atoms with van der Waals surface area (Å²) in [5.74, 6) is -0.433. The van der Waals surface area contributed by atoms with Gasteiger partial charge in [0.2, 0.25) is 15.9 Å². The van der Waals surface area contributed by atoms with E-state index < -0.39 is 22.0 Å². The number of hydrogen-bond donors (Lipinski definition) is 1. The van der Waals surface area contributed by atoms with Crippen molar-refractivity contribution >= 4 is 50.5 Å². The Morgan fingerprint density at radius 1 is 1.15 bits per heavy atom. The fourth-order valence-electron chi connectivity index (χ4n) is 2.54. The molecule has 0 fully saturated rings. The van der Waals surface area contributed by atoms with E-state index in [-0.39, 0.29) is 6.42 Å². The number of nitrogens with zero attached hydrogens (tertiary/aromatic N) is 1. The van der Waals surface area contributed by atoms with Gasteiger partial charge in [0.1, 0.15) is 6.04 Å². The second kappa shape index (κ2) is 8.29. The molecule has 140 valence electrons. The van der Waals surface area contributed by atoms with Gasteiger partial charge in [-0.3, -0.25) is 9.10 Å². The average molecular weight is 415 g/mol. The Labute approximate surface area is 164 Å². The molecule has 2 rings (SSSR count). The Morgan fingerprint density at radius 3 is 2.27 bits per heavy atom. The molecule has 1 N–H and O–H groups in total. The fourth-order valence-corrected chi connectivity index (χ4v) is 4.04. The molecule has 8 heteroatoms. The number of anilines is 2. The van der Waals surface area contributed by atoms with Crippen LogP contribution in [0.4, 0.5) is 11.4 Å². The van der Waals surface area contributed by atoms with Crippen LogP contribution in [-0.2, 0) is 14.8 Å². The Hall–Kier alpha value is -1.76. The van der Waals surface area contributed by atoms with Crippen LogP contribution in [0.25, 0.3) is 0 Å². The van der Waals surface area contributed by atoms with Crippen molar-refractivity contribution in [2.24, 2.45) is 0 Å². The normalized spacial score (nSPS) is 12.5. The maximum absolute atomic E-state index is 12.8. The van der Waals surface area contributed by atoms with Gasteiger partial charge in [0, 0.05) is 15.7 Å². The van der Waals surface area contributed by atoms with Gasteiger partial charge in [0.25, 0.3) is 0 Å². The lowest BCUT2D eigenvalue weighted by Gasteiger charge is -2.30. The molecular formula is C18H20Cl2N2O3S. The molecule has 0 radical (unpaired) electrons. The van der Waals surface area contributed by atoms with Gasteiger partial charge in [-0.1, -0.05) is 36.2 Å². The van der Waals surface area contributed by atoms with E-state index in [1.54, 1.807) is 49.4 Å². The summed E-state index contributed by atoms with van der Waals surface area (Å²) < 4.78 is 25.9. The SMILES string of the molecule is CC[C@H](C(=O)Nc1ccc(Cl)cc1)N(c1ccc(C)c(Cl)c1)S(C)(=O)=O. The highest BCUT2D eigenvalue weighted by Gasteiger charge is 2.31. The van der Waals surface area contributed by atoms with Crippen molar-refractivity contribution in [1.29, 1.82) is 0 Å². The molecule has 0 unspecified atom stereocenters. The van der Waals surface area contributed by atoms with Crippen molar-refractivity contribution in [3.8, 4) is 0 Å². The second-order valence-corrected chi connectivity index (χ2v) is 8.62. The van der Waals surface area contributed by atoms with Crippen LogP contribution < -0.4 is 9.62 Å². The van der Waals surface area contributed by atoms with Gasteiger partial charge in [-0.05, 0) is 55.3 Å². The van der Waals surface area contributed by atoms with Crippen molar-refractivity contribution < 1.29 is 13.2 Å². The molecule has 26 heavy (non-hydrogen) atoms. The molecule has 0 saturated carbocycles. The van der Waals surface area contributed by atoms with Crippen molar-refractivity contribution in [3.63, 3.8) is 0 Å². The lowest BCUT2D eigenvalue weighted by atomic mass is 10.1. The summed E-state index contributed by atoms with van der Waals surface area (Å²) in [4.78, 5) is 12.8. The van der Waals surface area contributed by atoms with Crippen LogP contribution in [0, 0.1) is 6.92 Å². The first-order chi connectivity index (χ1) is 12.1. The van der Waals surface area contributed by atoms with Crippen molar-refractivity contribution in [1.82, 2.24) is 0 Å². The Bertz CT molecular complexity index is 899. The van der Waals surface area contributed by atoms with Crippen molar-refractivity contribution in [2.75, 3.05) is 15.9 Å². The third kappa shape index (κ3) is 4.90. The lowest BCUT2D eigenvalue weighted by molar-refractivity contribution is -0.117. The summed E-state index contributed by atoms with van der Waals surface area (Å²) in [6.07, 6.45) is 1.36. The van der Waals surface area contributed by atoms with Gasteiger partial charge in [0.05, 0.1) is 11.9 Å². The molecule has 0 bridgehead atoms. The number of rotatable bonds is 6. The third-order valence-corrected chi connectivity index (χ3v) is 5.69. The predicted molar refractivity (Wildman–Crippen MR) is 108 cm³/mol. The average Bonchev–Trinajstić information content (AvgIpc) is 2.56. The van der Waals surface area contributed by atoms with Gasteiger partial charge >= 0.3 is 0 Å². The van der Waals surface area contributed by atoms with Crippen LogP contribution in [0.3, 0.4) is 0 Å². The van der Waals surface area contributed by atoms with Crippen molar-refractivity contribution in [2.45, 2.75) is 26.3 Å². The number of carbonyl (C=O) groups is 1. The molecule has 1 atom stereocenters. The Morgan fingerprint density at radius 2 is 1.77 bits per heavy atom.